The zero-order chi connectivity index (χ0) is 15.4. The Kier molecular flexibility index (Phi) is 5.48. The Morgan fingerprint density at radius 2 is 2.29 bits per heavy atom. The zero-order valence-corrected chi connectivity index (χ0v) is 13.3. The molecule has 3 N–H and O–H groups in total. The van der Waals surface area contributed by atoms with E-state index >= 15 is 0 Å². The van der Waals surface area contributed by atoms with E-state index in [1.54, 1.807) is 13.0 Å². The van der Waals surface area contributed by atoms with Crippen molar-refractivity contribution in [2.24, 2.45) is 11.7 Å². The highest BCUT2D eigenvalue weighted by Gasteiger charge is 2.29. The minimum Gasteiger partial charge on any atom is -0.479 e. The van der Waals surface area contributed by atoms with Crippen molar-refractivity contribution in [1.29, 1.82) is 0 Å². The van der Waals surface area contributed by atoms with Crippen molar-refractivity contribution in [2.45, 2.75) is 45.3 Å². The number of rotatable bonds is 5. The topological polar surface area (TPSA) is 64.3 Å². The molecule has 21 heavy (non-hydrogen) atoms. The third kappa shape index (κ3) is 4.11. The van der Waals surface area contributed by atoms with Gasteiger partial charge in [-0.3, -0.25) is 4.79 Å². The summed E-state index contributed by atoms with van der Waals surface area (Å²) in [6.45, 7) is 4.31. The summed E-state index contributed by atoms with van der Waals surface area (Å²) in [4.78, 5) is 12.2. The van der Waals surface area contributed by atoms with E-state index < -0.39 is 6.10 Å². The van der Waals surface area contributed by atoms with Crippen molar-refractivity contribution in [3.8, 4) is 5.75 Å². The summed E-state index contributed by atoms with van der Waals surface area (Å²) in [6, 6.07) is 5.69. The molecular weight excluding hydrogens is 288 g/mol. The molecule has 3 atom stereocenters. The van der Waals surface area contributed by atoms with Gasteiger partial charge in [0.1, 0.15) is 5.75 Å². The molecule has 0 heterocycles. The Balaban J connectivity index is 1.95. The van der Waals surface area contributed by atoms with Gasteiger partial charge in [0.25, 0.3) is 5.91 Å². The Bertz CT molecular complexity index is 507. The predicted molar refractivity (Wildman–Crippen MR) is 84.6 cm³/mol. The molecule has 0 bridgehead atoms. The van der Waals surface area contributed by atoms with Crippen LogP contribution in [0.4, 0.5) is 0 Å². The number of ether oxygens (including phenoxy) is 1. The number of hydrogen-bond acceptors (Lipinski definition) is 3. The normalized spacial score (nSPS) is 22.9. The summed E-state index contributed by atoms with van der Waals surface area (Å²) in [5, 5.41) is 3.56. The molecule has 3 unspecified atom stereocenters. The lowest BCUT2D eigenvalue weighted by Gasteiger charge is -2.22. The van der Waals surface area contributed by atoms with Crippen molar-refractivity contribution in [1.82, 2.24) is 5.32 Å². The molecule has 1 aliphatic rings. The first-order valence-electron chi connectivity index (χ1n) is 7.44. The second-order valence-electron chi connectivity index (χ2n) is 5.74. The molecule has 0 spiro atoms. The third-order valence-corrected chi connectivity index (χ3v) is 4.36. The summed E-state index contributed by atoms with van der Waals surface area (Å²) in [5.74, 6) is 0.808. The van der Waals surface area contributed by atoms with Crippen LogP contribution in [-0.4, -0.2) is 24.6 Å². The van der Waals surface area contributed by atoms with E-state index in [0.29, 0.717) is 23.2 Å². The van der Waals surface area contributed by atoms with Gasteiger partial charge in [-0.1, -0.05) is 24.1 Å². The number of amides is 1. The smallest absolute Gasteiger partial charge is 0.261 e. The van der Waals surface area contributed by atoms with E-state index in [2.05, 4.69) is 5.32 Å². The van der Waals surface area contributed by atoms with Gasteiger partial charge in [0.15, 0.2) is 6.10 Å². The minimum atomic E-state index is -0.580. The van der Waals surface area contributed by atoms with Crippen molar-refractivity contribution < 1.29 is 9.53 Å². The highest BCUT2D eigenvalue weighted by atomic mass is 35.5. The molecule has 1 aliphatic carbocycles. The molecule has 0 aromatic heterocycles. The van der Waals surface area contributed by atoms with Crippen LogP contribution in [0, 0.1) is 12.8 Å². The highest BCUT2D eigenvalue weighted by molar-refractivity contribution is 6.32. The van der Waals surface area contributed by atoms with Crippen LogP contribution in [0.25, 0.3) is 0 Å². The van der Waals surface area contributed by atoms with Crippen LogP contribution in [0.1, 0.15) is 31.7 Å². The first kappa shape index (κ1) is 16.1. The number of carbonyl (C=O) groups excluding carboxylic acids is 1. The van der Waals surface area contributed by atoms with Gasteiger partial charge in [0, 0.05) is 6.04 Å². The number of benzene rings is 1. The van der Waals surface area contributed by atoms with Crippen LogP contribution in [-0.2, 0) is 4.79 Å². The van der Waals surface area contributed by atoms with Gasteiger partial charge in [-0.15, -0.1) is 0 Å². The Morgan fingerprint density at radius 3 is 3.00 bits per heavy atom. The molecule has 0 radical (unpaired) electrons. The molecule has 4 nitrogen and oxygen atoms in total. The van der Waals surface area contributed by atoms with Gasteiger partial charge < -0.3 is 15.8 Å². The van der Waals surface area contributed by atoms with Gasteiger partial charge >= 0.3 is 0 Å². The molecule has 116 valence electrons. The third-order valence-electron chi connectivity index (χ3n) is 4.05. The van der Waals surface area contributed by atoms with Crippen LogP contribution in [0.3, 0.4) is 0 Å². The fraction of sp³-hybridized carbons (Fsp3) is 0.562. The second-order valence-corrected chi connectivity index (χ2v) is 6.14. The Hall–Kier alpha value is -1.26. The van der Waals surface area contributed by atoms with E-state index in [0.717, 1.165) is 24.8 Å². The average Bonchev–Trinajstić information content (AvgIpc) is 2.90. The fourth-order valence-corrected chi connectivity index (χ4v) is 2.92. The Morgan fingerprint density at radius 1 is 1.52 bits per heavy atom. The molecule has 1 aromatic rings. The number of nitrogens with one attached hydrogen (secondary N) is 1. The summed E-state index contributed by atoms with van der Waals surface area (Å²) in [5.41, 5.74) is 6.78. The van der Waals surface area contributed by atoms with Crippen LogP contribution in [0.5, 0.6) is 5.75 Å². The molecule has 1 amide bonds. The zero-order valence-electron chi connectivity index (χ0n) is 12.6. The molecule has 0 aliphatic heterocycles. The highest BCUT2D eigenvalue weighted by Crippen LogP contribution is 2.27. The van der Waals surface area contributed by atoms with Crippen molar-refractivity contribution >= 4 is 17.5 Å². The number of hydrogen-bond donors (Lipinski definition) is 2. The average molecular weight is 311 g/mol. The SMILES string of the molecule is Cc1ccc(Cl)c(OC(C)C(=O)NC2CCCC2CN)c1. The summed E-state index contributed by atoms with van der Waals surface area (Å²) >= 11 is 6.09. The molecule has 2 rings (SSSR count). The van der Waals surface area contributed by atoms with E-state index in [1.165, 1.54) is 0 Å². The van der Waals surface area contributed by atoms with Crippen molar-refractivity contribution in [3.05, 3.63) is 28.8 Å². The second kappa shape index (κ2) is 7.14. The summed E-state index contributed by atoms with van der Waals surface area (Å²) < 4.78 is 5.69. The molecule has 1 aromatic carbocycles. The molecular formula is C16H23ClN2O2. The maximum Gasteiger partial charge on any atom is 0.261 e. The van der Waals surface area contributed by atoms with Gasteiger partial charge in [-0.2, -0.15) is 0 Å². The number of carbonyl (C=O) groups is 1. The first-order valence-corrected chi connectivity index (χ1v) is 7.82. The number of halogens is 1. The fourth-order valence-electron chi connectivity index (χ4n) is 2.75. The predicted octanol–water partition coefficient (Wildman–Crippen LogP) is 2.66. The van der Waals surface area contributed by atoms with Gasteiger partial charge in [-0.05, 0) is 56.8 Å². The van der Waals surface area contributed by atoms with Gasteiger partial charge in [0.2, 0.25) is 0 Å². The van der Waals surface area contributed by atoms with Crippen LogP contribution in [0.15, 0.2) is 18.2 Å². The summed E-state index contributed by atoms with van der Waals surface area (Å²) in [7, 11) is 0. The maximum absolute atomic E-state index is 12.2. The van der Waals surface area contributed by atoms with Crippen LogP contribution < -0.4 is 15.8 Å². The minimum absolute atomic E-state index is 0.113. The number of aryl methyl sites for hydroxylation is 1. The Labute approximate surface area is 131 Å². The van der Waals surface area contributed by atoms with Crippen LogP contribution >= 0.6 is 11.6 Å². The summed E-state index contributed by atoms with van der Waals surface area (Å²) in [6.07, 6.45) is 2.61. The molecule has 1 fully saturated rings. The molecule has 1 saturated carbocycles. The van der Waals surface area contributed by atoms with E-state index in [1.807, 2.05) is 19.1 Å². The lowest BCUT2D eigenvalue weighted by molar-refractivity contribution is -0.128. The quantitative estimate of drug-likeness (QED) is 0.879. The standard InChI is InChI=1S/C16H23ClN2O2/c1-10-6-7-13(17)15(8-10)21-11(2)16(20)19-14-5-3-4-12(14)9-18/h6-8,11-12,14H,3-5,9,18H2,1-2H3,(H,19,20). The van der Waals surface area contributed by atoms with Crippen molar-refractivity contribution in [2.75, 3.05) is 6.54 Å². The number of nitrogens with two attached hydrogens (primary N) is 1. The first-order chi connectivity index (χ1) is 10.0. The van der Waals surface area contributed by atoms with E-state index in [-0.39, 0.29) is 11.9 Å². The van der Waals surface area contributed by atoms with Gasteiger partial charge in [-0.25, -0.2) is 0 Å². The molecule has 5 heteroatoms. The molecule has 0 saturated heterocycles. The lowest BCUT2D eigenvalue weighted by atomic mass is 10.0. The maximum atomic E-state index is 12.2. The van der Waals surface area contributed by atoms with E-state index in [9.17, 15) is 4.79 Å². The van der Waals surface area contributed by atoms with Gasteiger partial charge in [0.05, 0.1) is 5.02 Å². The van der Waals surface area contributed by atoms with E-state index in [4.69, 9.17) is 22.1 Å². The lowest BCUT2D eigenvalue weighted by Crippen LogP contribution is -2.45. The van der Waals surface area contributed by atoms with Crippen LogP contribution in [0.2, 0.25) is 5.02 Å². The van der Waals surface area contributed by atoms with Crippen molar-refractivity contribution in [3.63, 3.8) is 0 Å². The largest absolute Gasteiger partial charge is 0.479 e. The monoisotopic (exact) mass is 310 g/mol.